The van der Waals surface area contributed by atoms with E-state index >= 15 is 0 Å². The second kappa shape index (κ2) is 11.8. The molecular formula is C54H34N4. The van der Waals surface area contributed by atoms with Crippen LogP contribution >= 0.6 is 0 Å². The summed E-state index contributed by atoms with van der Waals surface area (Å²) in [4.78, 5) is 0. The lowest BCUT2D eigenvalue weighted by molar-refractivity contribution is 1.14. The Kier molecular flexibility index (Phi) is 6.41. The highest BCUT2D eigenvalue weighted by Gasteiger charge is 2.24. The number of para-hydroxylation sites is 3. The monoisotopic (exact) mass is 738 g/mol. The second-order valence-electron chi connectivity index (χ2n) is 15.4. The van der Waals surface area contributed by atoms with Crippen molar-refractivity contribution in [1.29, 1.82) is 0 Å². The van der Waals surface area contributed by atoms with E-state index in [-0.39, 0.29) is 0 Å². The zero-order valence-corrected chi connectivity index (χ0v) is 31.4. The first-order valence-electron chi connectivity index (χ1n) is 19.9. The van der Waals surface area contributed by atoms with Crippen LogP contribution in [0.4, 0.5) is 0 Å². The van der Waals surface area contributed by atoms with E-state index in [9.17, 15) is 0 Å². The van der Waals surface area contributed by atoms with Crippen molar-refractivity contribution in [3.8, 4) is 33.9 Å². The molecule has 13 rings (SSSR count). The van der Waals surface area contributed by atoms with Crippen molar-refractivity contribution >= 4 is 76.5 Å². The quantitative estimate of drug-likeness (QED) is 0.168. The van der Waals surface area contributed by atoms with Gasteiger partial charge in [-0.1, -0.05) is 121 Å². The highest BCUT2D eigenvalue weighted by atomic mass is 15.1. The zero-order valence-electron chi connectivity index (χ0n) is 31.4. The highest BCUT2D eigenvalue weighted by molar-refractivity contribution is 6.25. The third-order valence-electron chi connectivity index (χ3n) is 12.3. The van der Waals surface area contributed by atoms with Gasteiger partial charge in [0.05, 0.1) is 44.1 Å². The Balaban J connectivity index is 1.02. The van der Waals surface area contributed by atoms with Gasteiger partial charge >= 0.3 is 0 Å². The lowest BCUT2D eigenvalue weighted by atomic mass is 10.1. The zero-order chi connectivity index (χ0) is 37.9. The van der Waals surface area contributed by atoms with E-state index < -0.39 is 0 Å². The van der Waals surface area contributed by atoms with Crippen LogP contribution in [-0.2, 0) is 0 Å². The van der Waals surface area contributed by atoms with Gasteiger partial charge in [-0.2, -0.15) is 0 Å². The molecule has 0 fully saturated rings. The van der Waals surface area contributed by atoms with Gasteiger partial charge in [0.25, 0.3) is 0 Å². The topological polar surface area (TPSA) is 19.7 Å². The first-order valence-corrected chi connectivity index (χ1v) is 19.9. The van der Waals surface area contributed by atoms with Gasteiger partial charge in [0, 0.05) is 55.1 Å². The van der Waals surface area contributed by atoms with Gasteiger partial charge in [-0.15, -0.1) is 0 Å². The van der Waals surface area contributed by atoms with Crippen molar-refractivity contribution < 1.29 is 0 Å². The molecule has 0 amide bonds. The number of hydrogen-bond acceptors (Lipinski definition) is 0. The van der Waals surface area contributed by atoms with E-state index in [1.54, 1.807) is 0 Å². The third-order valence-corrected chi connectivity index (χ3v) is 12.3. The van der Waals surface area contributed by atoms with E-state index in [1.807, 2.05) is 0 Å². The number of rotatable bonds is 5. The molecule has 0 aliphatic carbocycles. The molecule has 4 aromatic heterocycles. The molecular weight excluding hydrogens is 705 g/mol. The average Bonchev–Trinajstić information content (AvgIpc) is 4.02. The van der Waals surface area contributed by atoms with Crippen LogP contribution in [0.15, 0.2) is 206 Å². The number of benzene rings is 9. The summed E-state index contributed by atoms with van der Waals surface area (Å²) in [6, 6.07) is 75.3. The van der Waals surface area contributed by atoms with Crippen LogP contribution in [0.5, 0.6) is 0 Å². The van der Waals surface area contributed by atoms with Crippen LogP contribution < -0.4 is 0 Å². The standard InChI is InChI=1S/C54H34N4/c1-3-13-35(14-4-1)36-25-27-38(28-26-36)56-46-20-10-8-18-42(46)44-32-30-40(34-52(44)56)58-49-23-11-21-47-53(49)54-48(22-12-24-50(54)58)57(47)39-29-31-43-41-17-7-9-19-45(41)55(51(43)33-39)37-15-5-2-6-16-37/h1-34H. The summed E-state index contributed by atoms with van der Waals surface area (Å²) in [5.41, 5.74) is 16.7. The summed E-state index contributed by atoms with van der Waals surface area (Å²) >= 11 is 0. The summed E-state index contributed by atoms with van der Waals surface area (Å²) in [6.07, 6.45) is 0. The molecule has 0 aliphatic heterocycles. The van der Waals surface area contributed by atoms with Crippen molar-refractivity contribution in [2.45, 2.75) is 0 Å². The first kappa shape index (κ1) is 31.4. The fraction of sp³-hybridized carbons (Fsp3) is 0. The first-order chi connectivity index (χ1) is 28.8. The molecule has 0 atom stereocenters. The second-order valence-corrected chi connectivity index (χ2v) is 15.4. The van der Waals surface area contributed by atoms with Gasteiger partial charge in [-0.3, -0.25) is 0 Å². The Morgan fingerprint density at radius 1 is 0.207 bits per heavy atom. The third kappa shape index (κ3) is 4.29. The Labute approximate surface area is 333 Å². The fourth-order valence-corrected chi connectivity index (χ4v) is 9.89. The number of hydrogen-bond donors (Lipinski definition) is 0. The molecule has 4 heteroatoms. The van der Waals surface area contributed by atoms with Crippen molar-refractivity contribution in [1.82, 2.24) is 18.3 Å². The van der Waals surface area contributed by atoms with Crippen LogP contribution in [-0.4, -0.2) is 18.3 Å². The minimum absolute atomic E-state index is 1.15. The van der Waals surface area contributed by atoms with E-state index in [0.717, 1.165) is 22.7 Å². The SMILES string of the molecule is c1ccc(-c2ccc(-n3c4ccccc4c4ccc(-n5c6cccc7c6c6c(cccc65)n7-c5ccc6c7ccccc7n(-c7ccccc7)c6c5)cc43)cc2)cc1. The molecule has 0 bridgehead atoms. The Bertz CT molecular complexity index is 3640. The summed E-state index contributed by atoms with van der Waals surface area (Å²) in [6.45, 7) is 0. The molecule has 58 heavy (non-hydrogen) atoms. The minimum Gasteiger partial charge on any atom is -0.309 e. The van der Waals surface area contributed by atoms with E-state index in [2.05, 4.69) is 225 Å². The Hall–Kier alpha value is -7.82. The van der Waals surface area contributed by atoms with Crippen molar-refractivity contribution in [3.05, 3.63) is 206 Å². The predicted molar refractivity (Wildman–Crippen MR) is 243 cm³/mol. The van der Waals surface area contributed by atoms with Crippen molar-refractivity contribution in [2.75, 3.05) is 0 Å². The van der Waals surface area contributed by atoms with Crippen LogP contribution in [0.25, 0.3) is 110 Å². The maximum Gasteiger partial charge on any atom is 0.0563 e. The smallest absolute Gasteiger partial charge is 0.0563 e. The average molecular weight is 739 g/mol. The lowest BCUT2D eigenvalue weighted by Crippen LogP contribution is -1.99. The van der Waals surface area contributed by atoms with Crippen LogP contribution in [0.3, 0.4) is 0 Å². The molecule has 9 aromatic carbocycles. The van der Waals surface area contributed by atoms with Crippen molar-refractivity contribution in [3.63, 3.8) is 0 Å². The Morgan fingerprint density at radius 3 is 1.05 bits per heavy atom. The van der Waals surface area contributed by atoms with Gasteiger partial charge in [0.15, 0.2) is 0 Å². The van der Waals surface area contributed by atoms with Gasteiger partial charge in [-0.25, -0.2) is 0 Å². The fourth-order valence-electron chi connectivity index (χ4n) is 9.89. The lowest BCUT2D eigenvalue weighted by Gasteiger charge is -2.14. The Morgan fingerprint density at radius 2 is 0.552 bits per heavy atom. The van der Waals surface area contributed by atoms with Gasteiger partial charge in [-0.05, 0) is 96.1 Å². The molecule has 0 unspecified atom stereocenters. The summed E-state index contributed by atoms with van der Waals surface area (Å²) in [5, 5.41) is 7.58. The summed E-state index contributed by atoms with van der Waals surface area (Å²) in [5.74, 6) is 0. The van der Waals surface area contributed by atoms with E-state index in [1.165, 1.54) is 87.6 Å². The predicted octanol–water partition coefficient (Wildman–Crippen LogP) is 14.0. The number of nitrogens with zero attached hydrogens (tertiary/aromatic N) is 4. The molecule has 0 saturated carbocycles. The molecule has 0 N–H and O–H groups in total. The molecule has 0 spiro atoms. The van der Waals surface area contributed by atoms with Crippen molar-refractivity contribution in [2.24, 2.45) is 0 Å². The maximum atomic E-state index is 2.46. The molecule has 0 saturated heterocycles. The maximum absolute atomic E-state index is 2.46. The van der Waals surface area contributed by atoms with Crippen LogP contribution in [0, 0.1) is 0 Å². The highest BCUT2D eigenvalue weighted by Crippen LogP contribution is 2.44. The van der Waals surface area contributed by atoms with E-state index in [4.69, 9.17) is 0 Å². The number of aromatic nitrogens is 4. The molecule has 4 heterocycles. The summed E-state index contributed by atoms with van der Waals surface area (Å²) in [7, 11) is 0. The van der Waals surface area contributed by atoms with Gasteiger partial charge < -0.3 is 18.3 Å². The molecule has 0 radical (unpaired) electrons. The van der Waals surface area contributed by atoms with Crippen LogP contribution in [0.2, 0.25) is 0 Å². The molecule has 4 nitrogen and oxygen atoms in total. The van der Waals surface area contributed by atoms with E-state index in [0.29, 0.717) is 0 Å². The molecule has 13 aromatic rings. The normalized spacial score (nSPS) is 12.1. The minimum atomic E-state index is 1.15. The van der Waals surface area contributed by atoms with Crippen LogP contribution in [0.1, 0.15) is 0 Å². The van der Waals surface area contributed by atoms with Gasteiger partial charge in [0.1, 0.15) is 0 Å². The number of fused-ring (bicyclic) bond motifs is 6. The molecule has 0 aliphatic rings. The summed E-state index contributed by atoms with van der Waals surface area (Å²) < 4.78 is 9.75. The van der Waals surface area contributed by atoms with Gasteiger partial charge in [0.2, 0.25) is 0 Å². The molecule has 270 valence electrons. The largest absolute Gasteiger partial charge is 0.309 e.